The molecule has 1 heterocycles. The number of amides is 1. The summed E-state index contributed by atoms with van der Waals surface area (Å²) in [6.45, 7) is 6.64. The van der Waals surface area contributed by atoms with Gasteiger partial charge >= 0.3 is 0 Å². The first-order chi connectivity index (χ1) is 13.2. The first-order valence-corrected chi connectivity index (χ1v) is 9.47. The third-order valence-electron chi connectivity index (χ3n) is 3.99. The molecule has 1 aliphatic rings. The van der Waals surface area contributed by atoms with Gasteiger partial charge in [-0.05, 0) is 44.0 Å². The molecule has 1 aliphatic heterocycles. The van der Waals surface area contributed by atoms with Crippen LogP contribution in [0.1, 0.15) is 30.1 Å². The molecule has 8 nitrogen and oxygen atoms in total. The SMILES string of the molecule is CCNC(=NCCCOC1CCOC1)NCCNC(=O)c1ccc(O)cc1.I. The molecule has 1 atom stereocenters. The number of carbonyl (C=O) groups excluding carboxylic acids is 1. The lowest BCUT2D eigenvalue weighted by Crippen LogP contribution is -2.41. The third-order valence-corrected chi connectivity index (χ3v) is 3.99. The maximum atomic E-state index is 12.0. The van der Waals surface area contributed by atoms with Crippen molar-refractivity contribution in [1.82, 2.24) is 16.0 Å². The zero-order valence-electron chi connectivity index (χ0n) is 16.3. The number of guanidine groups is 1. The molecule has 2 rings (SSSR count). The summed E-state index contributed by atoms with van der Waals surface area (Å²) in [4.78, 5) is 16.5. The third kappa shape index (κ3) is 9.56. The second kappa shape index (κ2) is 14.4. The van der Waals surface area contributed by atoms with Gasteiger partial charge in [0.1, 0.15) is 5.75 Å². The molecule has 1 amide bonds. The van der Waals surface area contributed by atoms with E-state index in [2.05, 4.69) is 20.9 Å². The normalized spacial score (nSPS) is 16.3. The van der Waals surface area contributed by atoms with E-state index in [1.165, 1.54) is 12.1 Å². The molecule has 0 spiro atoms. The number of aromatic hydroxyl groups is 1. The molecule has 0 saturated carbocycles. The van der Waals surface area contributed by atoms with Crippen molar-refractivity contribution in [3.05, 3.63) is 29.8 Å². The van der Waals surface area contributed by atoms with Crippen LogP contribution in [0.25, 0.3) is 0 Å². The summed E-state index contributed by atoms with van der Waals surface area (Å²) in [6, 6.07) is 6.16. The summed E-state index contributed by atoms with van der Waals surface area (Å²) in [5.41, 5.74) is 0.515. The van der Waals surface area contributed by atoms with Crippen LogP contribution in [-0.2, 0) is 9.47 Å². The van der Waals surface area contributed by atoms with Gasteiger partial charge in [0, 0.05) is 45.0 Å². The minimum Gasteiger partial charge on any atom is -0.508 e. The highest BCUT2D eigenvalue weighted by molar-refractivity contribution is 14.0. The molecule has 9 heteroatoms. The van der Waals surface area contributed by atoms with E-state index in [1.54, 1.807) is 12.1 Å². The molecule has 1 aromatic carbocycles. The Morgan fingerprint density at radius 3 is 2.68 bits per heavy atom. The van der Waals surface area contributed by atoms with Gasteiger partial charge in [-0.15, -0.1) is 24.0 Å². The first-order valence-electron chi connectivity index (χ1n) is 9.47. The van der Waals surface area contributed by atoms with Gasteiger partial charge in [-0.3, -0.25) is 9.79 Å². The summed E-state index contributed by atoms with van der Waals surface area (Å²) in [7, 11) is 0. The van der Waals surface area contributed by atoms with Crippen molar-refractivity contribution in [2.45, 2.75) is 25.9 Å². The minimum absolute atomic E-state index is 0. The second-order valence-electron chi connectivity index (χ2n) is 6.20. The highest BCUT2D eigenvalue weighted by Gasteiger charge is 2.15. The number of nitrogens with zero attached hydrogens (tertiary/aromatic N) is 1. The Labute approximate surface area is 183 Å². The monoisotopic (exact) mass is 506 g/mol. The molecular formula is C19H31IN4O4. The van der Waals surface area contributed by atoms with E-state index in [1.807, 2.05) is 6.92 Å². The molecule has 0 bridgehead atoms. The lowest BCUT2D eigenvalue weighted by atomic mass is 10.2. The van der Waals surface area contributed by atoms with Crippen molar-refractivity contribution in [1.29, 1.82) is 0 Å². The lowest BCUT2D eigenvalue weighted by Gasteiger charge is -2.12. The van der Waals surface area contributed by atoms with E-state index < -0.39 is 0 Å². The highest BCUT2D eigenvalue weighted by Crippen LogP contribution is 2.09. The number of phenols is 1. The standard InChI is InChI=1S/C19H30N4O4.HI/c1-2-20-19(22-9-3-12-27-17-8-13-26-14-17)23-11-10-21-18(25)15-4-6-16(24)7-5-15;/h4-7,17,24H,2-3,8-14H2,1H3,(H,21,25)(H2,20,22,23);1H. The number of benzene rings is 1. The Morgan fingerprint density at radius 1 is 1.25 bits per heavy atom. The van der Waals surface area contributed by atoms with Crippen LogP contribution in [0.2, 0.25) is 0 Å². The molecule has 28 heavy (non-hydrogen) atoms. The van der Waals surface area contributed by atoms with Gasteiger partial charge in [0.15, 0.2) is 5.96 Å². The molecule has 1 unspecified atom stereocenters. The van der Waals surface area contributed by atoms with Gasteiger partial charge in [0.05, 0.1) is 12.7 Å². The minimum atomic E-state index is -0.174. The van der Waals surface area contributed by atoms with Crippen LogP contribution in [-0.4, -0.2) is 69.1 Å². The Kier molecular flexibility index (Phi) is 12.6. The second-order valence-corrected chi connectivity index (χ2v) is 6.20. The van der Waals surface area contributed by atoms with Crippen molar-refractivity contribution in [3.8, 4) is 5.75 Å². The number of aliphatic imine (C=N–C) groups is 1. The Balaban J connectivity index is 0.00000392. The van der Waals surface area contributed by atoms with Crippen molar-refractivity contribution in [2.75, 3.05) is 46.0 Å². The van der Waals surface area contributed by atoms with Crippen molar-refractivity contribution < 1.29 is 19.4 Å². The Hall–Kier alpha value is -1.59. The molecular weight excluding hydrogens is 475 g/mol. The number of hydrogen-bond donors (Lipinski definition) is 4. The lowest BCUT2D eigenvalue weighted by molar-refractivity contribution is 0.0424. The molecule has 1 aromatic rings. The zero-order chi connectivity index (χ0) is 19.3. The molecule has 158 valence electrons. The number of hydrogen-bond acceptors (Lipinski definition) is 5. The summed E-state index contributed by atoms with van der Waals surface area (Å²) in [5, 5.41) is 18.4. The molecule has 4 N–H and O–H groups in total. The van der Waals surface area contributed by atoms with Crippen molar-refractivity contribution in [3.63, 3.8) is 0 Å². The molecule has 1 saturated heterocycles. The zero-order valence-corrected chi connectivity index (χ0v) is 18.6. The van der Waals surface area contributed by atoms with Crippen LogP contribution in [0, 0.1) is 0 Å². The van der Waals surface area contributed by atoms with Crippen LogP contribution < -0.4 is 16.0 Å². The molecule has 0 radical (unpaired) electrons. The van der Waals surface area contributed by atoms with E-state index in [9.17, 15) is 9.90 Å². The van der Waals surface area contributed by atoms with Gasteiger partial charge in [-0.25, -0.2) is 0 Å². The fourth-order valence-corrected chi connectivity index (χ4v) is 2.56. The van der Waals surface area contributed by atoms with E-state index in [-0.39, 0.29) is 41.7 Å². The van der Waals surface area contributed by atoms with Gasteiger partial charge < -0.3 is 30.5 Å². The topological polar surface area (TPSA) is 104 Å². The van der Waals surface area contributed by atoms with Crippen LogP contribution in [0.4, 0.5) is 0 Å². The maximum absolute atomic E-state index is 12.0. The summed E-state index contributed by atoms with van der Waals surface area (Å²) < 4.78 is 11.0. The predicted octanol–water partition coefficient (Wildman–Crippen LogP) is 1.49. The van der Waals surface area contributed by atoms with Crippen molar-refractivity contribution >= 4 is 35.8 Å². The van der Waals surface area contributed by atoms with Crippen LogP contribution in [0.5, 0.6) is 5.75 Å². The highest BCUT2D eigenvalue weighted by atomic mass is 127. The van der Waals surface area contributed by atoms with E-state index in [0.717, 1.165) is 32.0 Å². The quantitative estimate of drug-likeness (QED) is 0.166. The van der Waals surface area contributed by atoms with Gasteiger partial charge in [0.2, 0.25) is 0 Å². The number of carbonyl (C=O) groups is 1. The Morgan fingerprint density at radius 2 is 2.00 bits per heavy atom. The van der Waals surface area contributed by atoms with E-state index in [4.69, 9.17) is 9.47 Å². The van der Waals surface area contributed by atoms with E-state index >= 15 is 0 Å². The van der Waals surface area contributed by atoms with Gasteiger partial charge in [-0.2, -0.15) is 0 Å². The Bertz CT molecular complexity index is 592. The number of nitrogens with one attached hydrogen (secondary N) is 3. The average Bonchev–Trinajstić information content (AvgIpc) is 3.18. The first kappa shape index (κ1) is 24.4. The number of ether oxygens (including phenoxy) is 2. The van der Waals surface area contributed by atoms with Crippen molar-refractivity contribution in [2.24, 2.45) is 4.99 Å². The summed E-state index contributed by atoms with van der Waals surface area (Å²) in [6.07, 6.45) is 2.06. The van der Waals surface area contributed by atoms with Gasteiger partial charge in [-0.1, -0.05) is 0 Å². The number of rotatable bonds is 10. The predicted molar refractivity (Wildman–Crippen MR) is 120 cm³/mol. The van der Waals surface area contributed by atoms with Crippen LogP contribution >= 0.6 is 24.0 Å². The largest absolute Gasteiger partial charge is 0.508 e. The van der Waals surface area contributed by atoms with Crippen LogP contribution in [0.3, 0.4) is 0 Å². The molecule has 0 aliphatic carbocycles. The van der Waals surface area contributed by atoms with Gasteiger partial charge in [0.25, 0.3) is 5.91 Å². The fraction of sp³-hybridized carbons (Fsp3) is 0.579. The maximum Gasteiger partial charge on any atom is 0.251 e. The molecule has 1 fully saturated rings. The smallest absolute Gasteiger partial charge is 0.251 e. The summed E-state index contributed by atoms with van der Waals surface area (Å²) >= 11 is 0. The van der Waals surface area contributed by atoms with Crippen LogP contribution in [0.15, 0.2) is 29.3 Å². The number of halogens is 1. The number of phenolic OH excluding ortho intramolecular Hbond substituents is 1. The summed E-state index contributed by atoms with van der Waals surface area (Å²) in [5.74, 6) is 0.689. The fourth-order valence-electron chi connectivity index (χ4n) is 2.56. The van der Waals surface area contributed by atoms with E-state index in [0.29, 0.717) is 38.4 Å². The average molecular weight is 506 g/mol. The molecule has 0 aromatic heterocycles.